The van der Waals surface area contributed by atoms with E-state index >= 15 is 0 Å². The Balaban J connectivity index is 0. The second-order valence-electron chi connectivity index (χ2n) is 10.3. The van der Waals surface area contributed by atoms with E-state index in [1.165, 1.54) is 103 Å². The number of carbonyl (C=O) groups excluding carboxylic acids is 1. The zero-order chi connectivity index (χ0) is 25.3. The summed E-state index contributed by atoms with van der Waals surface area (Å²) in [5.41, 5.74) is 5.30. The van der Waals surface area contributed by atoms with Crippen molar-refractivity contribution < 1.29 is 14.7 Å². The van der Waals surface area contributed by atoms with Crippen LogP contribution in [0.1, 0.15) is 155 Å². The molecule has 0 rings (SSSR count). The van der Waals surface area contributed by atoms with Gasteiger partial charge in [0.25, 0.3) is 0 Å². The Bertz CT molecular complexity index is 453. The number of hydrogen-bond donors (Lipinski definition) is 2. The Morgan fingerprint density at radius 2 is 0.943 bits per heavy atom. The van der Waals surface area contributed by atoms with Crippen molar-refractivity contribution in [3.8, 4) is 0 Å². The zero-order valence-electron chi connectivity index (χ0n) is 23.8. The second kappa shape index (κ2) is 28.5. The van der Waals surface area contributed by atoms with Gasteiger partial charge < -0.3 is 10.8 Å². The quantitative estimate of drug-likeness (QED) is 0.0896. The van der Waals surface area contributed by atoms with E-state index in [1.807, 2.05) is 0 Å². The van der Waals surface area contributed by atoms with Gasteiger partial charge in [0.15, 0.2) is 0 Å². The smallest absolute Gasteiger partial charge is 0.320 e. The summed E-state index contributed by atoms with van der Waals surface area (Å²) in [4.78, 5) is 25.3. The van der Waals surface area contributed by atoms with Gasteiger partial charge in [-0.05, 0) is 32.4 Å². The molecule has 1 atom stereocenters. The van der Waals surface area contributed by atoms with Crippen LogP contribution in [0.5, 0.6) is 0 Å². The zero-order valence-corrected chi connectivity index (χ0v) is 25.8. The first kappa shape index (κ1) is 37.1. The molecular formula is C29H58N2NaO3. The largest absolute Gasteiger partial charge is 0.480 e. The van der Waals surface area contributed by atoms with Crippen molar-refractivity contribution in [2.24, 2.45) is 5.73 Å². The fourth-order valence-electron chi connectivity index (χ4n) is 4.77. The summed E-state index contributed by atoms with van der Waals surface area (Å²) < 4.78 is 0. The third-order valence-corrected chi connectivity index (χ3v) is 6.99. The van der Waals surface area contributed by atoms with Gasteiger partial charge in [-0.2, -0.15) is 0 Å². The van der Waals surface area contributed by atoms with Crippen LogP contribution >= 0.6 is 0 Å². The van der Waals surface area contributed by atoms with Gasteiger partial charge in [0.1, 0.15) is 6.04 Å². The normalized spacial score (nSPS) is 12.0. The molecule has 3 N–H and O–H groups in total. The molecule has 1 amide bonds. The topological polar surface area (TPSA) is 83.6 Å². The molecular weight excluding hydrogens is 447 g/mol. The summed E-state index contributed by atoms with van der Waals surface area (Å²) in [6, 6.07) is -0.593. The van der Waals surface area contributed by atoms with Crippen molar-refractivity contribution in [1.29, 1.82) is 0 Å². The van der Waals surface area contributed by atoms with Crippen LogP contribution < -0.4 is 5.73 Å². The van der Waals surface area contributed by atoms with Gasteiger partial charge in [-0.15, -0.1) is 0 Å². The summed E-state index contributed by atoms with van der Waals surface area (Å²) in [5.74, 6) is -1.23. The van der Waals surface area contributed by atoms with Gasteiger partial charge >= 0.3 is 5.97 Å². The van der Waals surface area contributed by atoms with E-state index in [0.29, 0.717) is 6.42 Å². The van der Waals surface area contributed by atoms with Gasteiger partial charge in [-0.1, -0.05) is 129 Å². The Labute approximate surface area is 240 Å². The van der Waals surface area contributed by atoms with Crippen LogP contribution in [0.25, 0.3) is 0 Å². The molecule has 0 aromatic carbocycles. The molecule has 0 aromatic rings. The number of unbranched alkanes of at least 4 members (excludes halogenated alkanes) is 18. The van der Waals surface area contributed by atoms with Gasteiger partial charge in [0, 0.05) is 36.0 Å². The van der Waals surface area contributed by atoms with Gasteiger partial charge in [0.05, 0.1) is 0 Å². The summed E-state index contributed by atoms with van der Waals surface area (Å²) >= 11 is 0. The molecule has 0 aliphatic rings. The third kappa shape index (κ3) is 25.3. The minimum atomic E-state index is -0.819. The van der Waals surface area contributed by atoms with Crippen LogP contribution in [0.4, 0.5) is 0 Å². The second-order valence-corrected chi connectivity index (χ2v) is 10.3. The fraction of sp³-hybridized carbons (Fsp3) is 0.931. The van der Waals surface area contributed by atoms with Gasteiger partial charge in [-0.25, -0.2) is 0 Å². The molecule has 0 aliphatic heterocycles. The number of primary amides is 1. The molecule has 0 aromatic heterocycles. The molecule has 35 heavy (non-hydrogen) atoms. The number of nitrogens with zero attached hydrogens (tertiary/aromatic N) is 1. The van der Waals surface area contributed by atoms with Crippen molar-refractivity contribution in [2.75, 3.05) is 13.1 Å². The Morgan fingerprint density at radius 1 is 0.629 bits per heavy atom. The Kier molecular flexibility index (Phi) is 30.1. The predicted octanol–water partition coefficient (Wildman–Crippen LogP) is 7.47. The predicted molar refractivity (Wildman–Crippen MR) is 151 cm³/mol. The Morgan fingerprint density at radius 3 is 1.23 bits per heavy atom. The maximum atomic E-state index is 11.9. The molecule has 0 saturated heterocycles. The van der Waals surface area contributed by atoms with Crippen molar-refractivity contribution in [3.05, 3.63) is 0 Å². The average molecular weight is 506 g/mol. The molecule has 1 radical (unpaired) electrons. The molecule has 0 bridgehead atoms. The van der Waals surface area contributed by atoms with E-state index < -0.39 is 17.9 Å². The molecule has 0 heterocycles. The van der Waals surface area contributed by atoms with Crippen molar-refractivity contribution >= 4 is 41.4 Å². The van der Waals surface area contributed by atoms with Crippen molar-refractivity contribution in [2.45, 2.75) is 161 Å². The molecule has 0 spiro atoms. The average Bonchev–Trinajstić information content (AvgIpc) is 2.80. The SMILES string of the molecule is CCCCCCCCCCCCN(CCCCCCCCCCCC)[C@@H](CCC(N)=O)C(=O)O.[Na]. The Hall–Kier alpha value is -0.100. The van der Waals surface area contributed by atoms with E-state index in [9.17, 15) is 14.7 Å². The number of aliphatic carboxylic acids is 1. The van der Waals surface area contributed by atoms with E-state index in [0.717, 1.165) is 38.8 Å². The number of carboxylic acid groups (broad SMARTS) is 1. The fourth-order valence-corrected chi connectivity index (χ4v) is 4.77. The minimum absolute atomic E-state index is 0. The van der Waals surface area contributed by atoms with Crippen molar-refractivity contribution in [1.82, 2.24) is 4.90 Å². The van der Waals surface area contributed by atoms with Crippen molar-refractivity contribution in [3.63, 3.8) is 0 Å². The molecule has 203 valence electrons. The molecule has 0 aliphatic carbocycles. The maximum Gasteiger partial charge on any atom is 0.320 e. The first-order valence-electron chi connectivity index (χ1n) is 14.8. The van der Waals surface area contributed by atoms with Crippen LogP contribution in [-0.4, -0.2) is 70.6 Å². The molecule has 0 saturated carbocycles. The van der Waals surface area contributed by atoms with Gasteiger partial charge in [0.2, 0.25) is 5.91 Å². The minimum Gasteiger partial charge on any atom is -0.480 e. The van der Waals surface area contributed by atoms with E-state index in [1.54, 1.807) is 0 Å². The van der Waals surface area contributed by atoms with Crippen LogP contribution in [0, 0.1) is 0 Å². The number of hydrogen-bond acceptors (Lipinski definition) is 3. The summed E-state index contributed by atoms with van der Waals surface area (Å²) in [6.07, 6.45) is 26.0. The summed E-state index contributed by atoms with van der Waals surface area (Å²) in [6.45, 7) is 6.12. The molecule has 6 heteroatoms. The van der Waals surface area contributed by atoms with E-state index in [-0.39, 0.29) is 36.0 Å². The number of carboxylic acids is 1. The molecule has 0 unspecified atom stereocenters. The van der Waals surface area contributed by atoms with Crippen LogP contribution in [-0.2, 0) is 9.59 Å². The standard InChI is InChI=1S/C29H58N2O3.Na/c1-3-5-7-9-11-13-15-17-19-21-25-31(27(29(33)34)23-24-28(30)32)26-22-20-18-16-14-12-10-8-6-4-2;/h27H,3-26H2,1-2H3,(H2,30,32)(H,33,34);/t27-;/m0./s1. The maximum absolute atomic E-state index is 11.9. The number of amides is 1. The first-order chi connectivity index (χ1) is 16.5. The summed E-state index contributed by atoms with van der Waals surface area (Å²) in [7, 11) is 0. The van der Waals surface area contributed by atoms with E-state index in [2.05, 4.69) is 18.7 Å². The van der Waals surface area contributed by atoms with Crippen LogP contribution in [0.15, 0.2) is 0 Å². The number of carbonyl (C=O) groups is 2. The van der Waals surface area contributed by atoms with Crippen LogP contribution in [0.3, 0.4) is 0 Å². The van der Waals surface area contributed by atoms with Gasteiger partial charge in [-0.3, -0.25) is 14.5 Å². The third-order valence-electron chi connectivity index (χ3n) is 6.99. The number of nitrogens with two attached hydrogens (primary N) is 1. The first-order valence-corrected chi connectivity index (χ1v) is 14.8. The summed E-state index contributed by atoms with van der Waals surface area (Å²) in [5, 5.41) is 9.79. The van der Waals surface area contributed by atoms with Crippen LogP contribution in [0.2, 0.25) is 0 Å². The van der Waals surface area contributed by atoms with E-state index in [4.69, 9.17) is 5.73 Å². The monoisotopic (exact) mass is 505 g/mol. The number of rotatable bonds is 27. The molecule has 5 nitrogen and oxygen atoms in total. The molecule has 0 fully saturated rings.